The minimum atomic E-state index is -0.257. The van der Waals surface area contributed by atoms with Crippen LogP contribution in [0.3, 0.4) is 0 Å². The molecular weight excluding hydrogens is 314 g/mol. The van der Waals surface area contributed by atoms with Crippen LogP contribution >= 0.6 is 0 Å². The van der Waals surface area contributed by atoms with Crippen molar-refractivity contribution in [3.05, 3.63) is 76.2 Å². The summed E-state index contributed by atoms with van der Waals surface area (Å²) in [5.74, 6) is 1.33. The van der Waals surface area contributed by atoms with Gasteiger partial charge in [0.05, 0.1) is 6.61 Å². The zero-order chi connectivity index (χ0) is 17.5. The van der Waals surface area contributed by atoms with Crippen molar-refractivity contribution in [3.8, 4) is 17.1 Å². The first-order valence-electron chi connectivity index (χ1n) is 8.49. The van der Waals surface area contributed by atoms with E-state index in [4.69, 9.17) is 4.74 Å². The van der Waals surface area contributed by atoms with E-state index in [0.717, 1.165) is 29.7 Å². The molecular formula is C20H21N3O2. The number of hydrogen-bond donors (Lipinski definition) is 1. The van der Waals surface area contributed by atoms with Crippen LogP contribution in [-0.2, 0) is 6.42 Å². The summed E-state index contributed by atoms with van der Waals surface area (Å²) in [6.07, 6.45) is 2.62. The van der Waals surface area contributed by atoms with Gasteiger partial charge in [0.25, 0.3) is 5.56 Å². The van der Waals surface area contributed by atoms with Crippen molar-refractivity contribution in [1.82, 2.24) is 15.2 Å². The van der Waals surface area contributed by atoms with Crippen LogP contribution in [0.2, 0.25) is 0 Å². The third kappa shape index (κ3) is 4.53. The minimum absolute atomic E-state index is 0.257. The second kappa shape index (κ2) is 8.24. The van der Waals surface area contributed by atoms with Gasteiger partial charge in [-0.05, 0) is 36.2 Å². The maximum atomic E-state index is 12.0. The van der Waals surface area contributed by atoms with Crippen LogP contribution in [0.5, 0.6) is 5.75 Å². The van der Waals surface area contributed by atoms with E-state index in [2.05, 4.69) is 22.1 Å². The van der Waals surface area contributed by atoms with Crippen molar-refractivity contribution < 1.29 is 4.74 Å². The molecule has 1 aromatic heterocycles. The second-order valence-electron chi connectivity index (χ2n) is 5.82. The highest BCUT2D eigenvalue weighted by atomic mass is 16.5. The molecule has 128 valence electrons. The molecule has 0 aliphatic heterocycles. The van der Waals surface area contributed by atoms with E-state index in [1.54, 1.807) is 0 Å². The predicted octanol–water partition coefficient (Wildman–Crippen LogP) is 3.60. The van der Waals surface area contributed by atoms with Gasteiger partial charge in [0.2, 0.25) is 0 Å². The Kier molecular flexibility index (Phi) is 5.57. The number of nitrogens with one attached hydrogen (secondary N) is 1. The SMILES string of the molecule is CCCCOc1ccc(-c2n[nH]c(=O)c(Cc3ccccc3)n2)cc1. The molecule has 1 heterocycles. The Labute approximate surface area is 146 Å². The van der Waals surface area contributed by atoms with Crippen molar-refractivity contribution in [2.45, 2.75) is 26.2 Å². The van der Waals surface area contributed by atoms with Gasteiger partial charge >= 0.3 is 0 Å². The smallest absolute Gasteiger partial charge is 0.286 e. The van der Waals surface area contributed by atoms with Crippen LogP contribution in [0.4, 0.5) is 0 Å². The Hall–Kier alpha value is -2.95. The number of H-pyrrole nitrogens is 1. The third-order valence-corrected chi connectivity index (χ3v) is 3.86. The highest BCUT2D eigenvalue weighted by molar-refractivity contribution is 5.55. The summed E-state index contributed by atoms with van der Waals surface area (Å²) >= 11 is 0. The van der Waals surface area contributed by atoms with Crippen molar-refractivity contribution in [3.63, 3.8) is 0 Å². The highest BCUT2D eigenvalue weighted by Gasteiger charge is 2.08. The molecule has 3 aromatic rings. The number of benzene rings is 2. The van der Waals surface area contributed by atoms with Crippen LogP contribution in [0.15, 0.2) is 59.4 Å². The Morgan fingerprint density at radius 2 is 1.80 bits per heavy atom. The van der Waals surface area contributed by atoms with Gasteiger partial charge in [-0.1, -0.05) is 43.7 Å². The molecule has 0 saturated heterocycles. The molecule has 25 heavy (non-hydrogen) atoms. The van der Waals surface area contributed by atoms with Gasteiger partial charge < -0.3 is 4.74 Å². The summed E-state index contributed by atoms with van der Waals surface area (Å²) in [5, 5.41) is 6.61. The van der Waals surface area contributed by atoms with E-state index >= 15 is 0 Å². The van der Waals surface area contributed by atoms with Crippen molar-refractivity contribution >= 4 is 0 Å². The summed E-state index contributed by atoms with van der Waals surface area (Å²) in [7, 11) is 0. The van der Waals surface area contributed by atoms with Gasteiger partial charge in [-0.2, -0.15) is 5.10 Å². The molecule has 5 heteroatoms. The molecule has 0 amide bonds. The number of hydrogen-bond acceptors (Lipinski definition) is 4. The first-order valence-corrected chi connectivity index (χ1v) is 8.49. The van der Waals surface area contributed by atoms with Crippen molar-refractivity contribution in [2.75, 3.05) is 6.61 Å². The van der Waals surface area contributed by atoms with Gasteiger partial charge in [0, 0.05) is 12.0 Å². The molecule has 3 rings (SSSR count). The van der Waals surface area contributed by atoms with Gasteiger partial charge in [-0.15, -0.1) is 0 Å². The molecule has 5 nitrogen and oxygen atoms in total. The fraction of sp³-hybridized carbons (Fsp3) is 0.250. The molecule has 0 aliphatic rings. The number of ether oxygens (including phenoxy) is 1. The van der Waals surface area contributed by atoms with E-state index in [1.165, 1.54) is 0 Å². The third-order valence-electron chi connectivity index (χ3n) is 3.86. The fourth-order valence-corrected chi connectivity index (χ4v) is 2.44. The van der Waals surface area contributed by atoms with Crippen LogP contribution in [-0.4, -0.2) is 21.8 Å². The van der Waals surface area contributed by atoms with E-state index in [0.29, 0.717) is 24.5 Å². The molecule has 0 saturated carbocycles. The van der Waals surface area contributed by atoms with Gasteiger partial charge in [-0.25, -0.2) is 10.1 Å². The van der Waals surface area contributed by atoms with Crippen LogP contribution in [0, 0.1) is 0 Å². The normalized spacial score (nSPS) is 10.6. The average molecular weight is 335 g/mol. The molecule has 2 aromatic carbocycles. The lowest BCUT2D eigenvalue weighted by molar-refractivity contribution is 0.309. The van der Waals surface area contributed by atoms with E-state index in [-0.39, 0.29) is 5.56 Å². The summed E-state index contributed by atoms with van der Waals surface area (Å²) in [5.41, 5.74) is 2.08. The molecule has 1 N–H and O–H groups in total. The molecule has 0 spiro atoms. The highest BCUT2D eigenvalue weighted by Crippen LogP contribution is 2.19. The maximum absolute atomic E-state index is 12.0. The quantitative estimate of drug-likeness (QED) is 0.670. The predicted molar refractivity (Wildman–Crippen MR) is 97.7 cm³/mol. The fourth-order valence-electron chi connectivity index (χ4n) is 2.44. The van der Waals surface area contributed by atoms with Gasteiger partial charge in [-0.3, -0.25) is 4.79 Å². The number of rotatable bonds is 7. The summed E-state index contributed by atoms with van der Waals surface area (Å²) in [6, 6.07) is 17.4. The number of nitrogens with zero attached hydrogens (tertiary/aromatic N) is 2. The van der Waals surface area contributed by atoms with Gasteiger partial charge in [0.1, 0.15) is 11.4 Å². The summed E-state index contributed by atoms with van der Waals surface area (Å²) in [6.45, 7) is 2.85. The number of aromatic amines is 1. The second-order valence-corrected chi connectivity index (χ2v) is 5.82. The number of unbranched alkanes of at least 4 members (excludes halogenated alkanes) is 1. The summed E-state index contributed by atoms with van der Waals surface area (Å²) < 4.78 is 5.66. The molecule has 0 unspecified atom stereocenters. The van der Waals surface area contributed by atoms with E-state index in [1.807, 2.05) is 54.6 Å². The van der Waals surface area contributed by atoms with Gasteiger partial charge in [0.15, 0.2) is 5.82 Å². The topological polar surface area (TPSA) is 67.9 Å². The standard InChI is InChI=1S/C20H21N3O2/c1-2-3-13-25-17-11-9-16(10-12-17)19-21-18(20(24)23-22-19)14-15-7-5-4-6-8-15/h4-12H,2-3,13-14H2,1H3,(H,23,24). The van der Waals surface area contributed by atoms with E-state index < -0.39 is 0 Å². The zero-order valence-corrected chi connectivity index (χ0v) is 14.2. The number of aromatic nitrogens is 3. The maximum Gasteiger partial charge on any atom is 0.286 e. The van der Waals surface area contributed by atoms with Crippen molar-refractivity contribution in [2.24, 2.45) is 0 Å². The first-order chi connectivity index (χ1) is 12.3. The largest absolute Gasteiger partial charge is 0.494 e. The van der Waals surface area contributed by atoms with Crippen LogP contribution < -0.4 is 10.3 Å². The molecule has 0 radical (unpaired) electrons. The Bertz CT molecular complexity index is 858. The van der Waals surface area contributed by atoms with Crippen molar-refractivity contribution in [1.29, 1.82) is 0 Å². The Morgan fingerprint density at radius 3 is 2.52 bits per heavy atom. The Balaban J connectivity index is 1.78. The first kappa shape index (κ1) is 16.9. The van der Waals surface area contributed by atoms with Crippen LogP contribution in [0.25, 0.3) is 11.4 Å². The lowest BCUT2D eigenvalue weighted by Gasteiger charge is -2.07. The zero-order valence-electron chi connectivity index (χ0n) is 14.2. The lowest BCUT2D eigenvalue weighted by atomic mass is 10.1. The molecule has 0 atom stereocenters. The molecule has 0 bridgehead atoms. The monoisotopic (exact) mass is 335 g/mol. The summed E-state index contributed by atoms with van der Waals surface area (Å²) in [4.78, 5) is 16.5. The average Bonchev–Trinajstić information content (AvgIpc) is 2.65. The minimum Gasteiger partial charge on any atom is -0.494 e. The molecule has 0 fully saturated rings. The van der Waals surface area contributed by atoms with Crippen LogP contribution in [0.1, 0.15) is 31.0 Å². The molecule has 0 aliphatic carbocycles. The lowest BCUT2D eigenvalue weighted by Crippen LogP contribution is -2.18. The Morgan fingerprint density at radius 1 is 1.04 bits per heavy atom. The van der Waals surface area contributed by atoms with E-state index in [9.17, 15) is 4.79 Å².